The number of aromatic nitrogens is 1. The van der Waals surface area contributed by atoms with Crippen LogP contribution < -0.4 is 0 Å². The quantitative estimate of drug-likeness (QED) is 0.601. The van der Waals surface area contributed by atoms with Gasteiger partial charge < -0.3 is 9.47 Å². The Morgan fingerprint density at radius 3 is 2.79 bits per heavy atom. The highest BCUT2D eigenvalue weighted by Crippen LogP contribution is 2.24. The number of hydrogen-bond acceptors (Lipinski definition) is 4. The van der Waals surface area contributed by atoms with Gasteiger partial charge in [-0.3, -0.25) is 4.79 Å². The summed E-state index contributed by atoms with van der Waals surface area (Å²) in [6, 6.07) is 10.0. The van der Waals surface area contributed by atoms with E-state index in [-0.39, 0.29) is 5.78 Å². The number of aryl methyl sites for hydroxylation is 1. The molecule has 0 radical (unpaired) electrons. The molecule has 0 saturated carbocycles. The molecule has 124 valence electrons. The molecule has 0 unspecified atom stereocenters. The average molecular weight is 358 g/mol. The second-order valence-corrected chi connectivity index (χ2v) is 7.44. The SMILES string of the molecule is N#CCCn1cc(C(=O)CSC(=S)N2CCCC2)c2ccccc21. The summed E-state index contributed by atoms with van der Waals surface area (Å²) in [5, 5.41) is 9.76. The van der Waals surface area contributed by atoms with Crippen molar-refractivity contribution in [2.75, 3.05) is 18.8 Å². The van der Waals surface area contributed by atoms with Crippen molar-refractivity contribution in [2.45, 2.75) is 25.8 Å². The van der Waals surface area contributed by atoms with E-state index in [1.165, 1.54) is 24.6 Å². The van der Waals surface area contributed by atoms with Crippen molar-refractivity contribution in [1.82, 2.24) is 9.47 Å². The van der Waals surface area contributed by atoms with Crippen LogP contribution in [0.4, 0.5) is 0 Å². The number of thiocarbonyl (C=S) groups is 1. The van der Waals surface area contributed by atoms with Crippen LogP contribution in [-0.2, 0) is 6.54 Å². The highest BCUT2D eigenvalue weighted by molar-refractivity contribution is 8.23. The van der Waals surface area contributed by atoms with Gasteiger partial charge in [-0.05, 0) is 18.9 Å². The van der Waals surface area contributed by atoms with Crippen LogP contribution in [0.1, 0.15) is 29.6 Å². The molecule has 1 aliphatic heterocycles. The molecule has 0 atom stereocenters. The molecular formula is C18H19N3OS2. The Hall–Kier alpha value is -1.84. The minimum absolute atomic E-state index is 0.0912. The van der Waals surface area contributed by atoms with Gasteiger partial charge in [0.15, 0.2) is 5.78 Å². The normalized spacial score (nSPS) is 14.0. The first-order valence-corrected chi connectivity index (χ1v) is 9.50. The molecule has 1 saturated heterocycles. The number of rotatable bonds is 5. The summed E-state index contributed by atoms with van der Waals surface area (Å²) < 4.78 is 2.82. The molecular weight excluding hydrogens is 338 g/mol. The number of nitrogens with zero attached hydrogens (tertiary/aromatic N) is 3. The fourth-order valence-corrected chi connectivity index (χ4v) is 4.16. The molecule has 24 heavy (non-hydrogen) atoms. The van der Waals surface area contributed by atoms with E-state index in [2.05, 4.69) is 11.0 Å². The van der Waals surface area contributed by atoms with E-state index >= 15 is 0 Å². The summed E-state index contributed by atoms with van der Waals surface area (Å²) in [7, 11) is 0. The number of likely N-dealkylation sites (tertiary alicyclic amines) is 1. The smallest absolute Gasteiger partial charge is 0.175 e. The lowest BCUT2D eigenvalue weighted by atomic mass is 10.1. The fourth-order valence-electron chi connectivity index (χ4n) is 3.02. The molecule has 1 aromatic heterocycles. The first kappa shape index (κ1) is 17.0. The third-order valence-electron chi connectivity index (χ3n) is 4.24. The van der Waals surface area contributed by atoms with E-state index in [1.807, 2.05) is 35.0 Å². The van der Waals surface area contributed by atoms with Crippen molar-refractivity contribution in [3.63, 3.8) is 0 Å². The van der Waals surface area contributed by atoms with Gasteiger partial charge in [0.25, 0.3) is 0 Å². The molecule has 3 rings (SSSR count). The molecule has 6 heteroatoms. The highest BCUT2D eigenvalue weighted by Gasteiger charge is 2.19. The van der Waals surface area contributed by atoms with Crippen LogP contribution >= 0.6 is 24.0 Å². The lowest BCUT2D eigenvalue weighted by Crippen LogP contribution is -2.24. The summed E-state index contributed by atoms with van der Waals surface area (Å²) in [6.07, 6.45) is 4.67. The average Bonchev–Trinajstić information content (AvgIpc) is 3.26. The van der Waals surface area contributed by atoms with Crippen molar-refractivity contribution in [2.24, 2.45) is 0 Å². The van der Waals surface area contributed by atoms with E-state index in [0.717, 1.165) is 33.9 Å². The molecule has 4 nitrogen and oxygen atoms in total. The third kappa shape index (κ3) is 3.63. The standard InChI is InChI=1S/C18H19N3OS2/c19-8-5-11-21-12-15(14-6-1-2-7-16(14)21)17(22)13-24-18(23)20-9-3-4-10-20/h1-2,6-7,12H,3-5,9-11,13H2. The number of para-hydroxylation sites is 1. The van der Waals surface area contributed by atoms with Gasteiger partial charge in [-0.2, -0.15) is 5.26 Å². The van der Waals surface area contributed by atoms with Gasteiger partial charge >= 0.3 is 0 Å². The molecule has 0 N–H and O–H groups in total. The Bertz CT molecular complexity index is 800. The maximum absolute atomic E-state index is 12.7. The Labute approximate surface area is 151 Å². The highest BCUT2D eigenvalue weighted by atomic mass is 32.2. The van der Waals surface area contributed by atoms with Gasteiger partial charge in [0.2, 0.25) is 0 Å². The van der Waals surface area contributed by atoms with Crippen LogP contribution in [0.25, 0.3) is 10.9 Å². The van der Waals surface area contributed by atoms with Crippen LogP contribution in [0.3, 0.4) is 0 Å². The topological polar surface area (TPSA) is 49.0 Å². The van der Waals surface area contributed by atoms with Crippen LogP contribution in [-0.4, -0.2) is 38.4 Å². The predicted octanol–water partition coefficient (Wildman–Crippen LogP) is 3.85. The Balaban J connectivity index is 1.74. The van der Waals surface area contributed by atoms with Crippen molar-refractivity contribution in [1.29, 1.82) is 5.26 Å². The largest absolute Gasteiger partial charge is 0.358 e. The number of carbonyl (C=O) groups excluding carboxylic acids is 1. The van der Waals surface area contributed by atoms with E-state index in [1.54, 1.807) is 0 Å². The molecule has 1 aromatic carbocycles. The zero-order chi connectivity index (χ0) is 16.9. The number of ketones is 1. The maximum Gasteiger partial charge on any atom is 0.175 e. The first-order chi connectivity index (χ1) is 11.7. The molecule has 1 fully saturated rings. The molecule has 0 spiro atoms. The van der Waals surface area contributed by atoms with Crippen molar-refractivity contribution in [3.05, 3.63) is 36.0 Å². The molecule has 2 aromatic rings. The summed E-state index contributed by atoms with van der Waals surface area (Å²) in [4.78, 5) is 14.9. The number of carbonyl (C=O) groups is 1. The summed E-state index contributed by atoms with van der Waals surface area (Å²) in [5.41, 5.74) is 1.73. The van der Waals surface area contributed by atoms with Crippen LogP contribution in [0.15, 0.2) is 30.5 Å². The Morgan fingerprint density at radius 2 is 2.04 bits per heavy atom. The summed E-state index contributed by atoms with van der Waals surface area (Å²) >= 11 is 6.89. The molecule has 0 amide bonds. The Morgan fingerprint density at radius 1 is 1.29 bits per heavy atom. The zero-order valence-electron chi connectivity index (χ0n) is 13.4. The molecule has 1 aliphatic rings. The van der Waals surface area contributed by atoms with Gasteiger partial charge in [-0.15, -0.1) is 0 Å². The Kier molecular flexibility index (Phi) is 5.54. The van der Waals surface area contributed by atoms with Crippen molar-refractivity contribution in [3.8, 4) is 6.07 Å². The number of thioether (sulfide) groups is 1. The number of benzene rings is 1. The first-order valence-electron chi connectivity index (χ1n) is 8.10. The molecule has 0 aliphatic carbocycles. The van der Waals surface area contributed by atoms with Gasteiger partial charge in [0.1, 0.15) is 4.32 Å². The predicted molar refractivity (Wildman–Crippen MR) is 102 cm³/mol. The van der Waals surface area contributed by atoms with E-state index in [0.29, 0.717) is 18.7 Å². The van der Waals surface area contributed by atoms with E-state index in [9.17, 15) is 4.79 Å². The van der Waals surface area contributed by atoms with E-state index in [4.69, 9.17) is 17.5 Å². The van der Waals surface area contributed by atoms with Crippen LogP contribution in [0, 0.1) is 11.3 Å². The third-order valence-corrected chi connectivity index (χ3v) is 5.77. The molecule has 2 heterocycles. The number of hydrogen-bond donors (Lipinski definition) is 0. The maximum atomic E-state index is 12.7. The van der Waals surface area contributed by atoms with Gasteiger partial charge in [-0.25, -0.2) is 0 Å². The lowest BCUT2D eigenvalue weighted by Gasteiger charge is -2.17. The van der Waals surface area contributed by atoms with Gasteiger partial charge in [0, 0.05) is 42.3 Å². The number of nitriles is 1. The summed E-state index contributed by atoms with van der Waals surface area (Å²) in [5.74, 6) is 0.454. The zero-order valence-corrected chi connectivity index (χ0v) is 15.0. The second-order valence-electron chi connectivity index (χ2n) is 5.83. The van der Waals surface area contributed by atoms with Crippen molar-refractivity contribution < 1.29 is 4.79 Å². The van der Waals surface area contributed by atoms with E-state index < -0.39 is 0 Å². The van der Waals surface area contributed by atoms with Gasteiger partial charge in [0.05, 0.1) is 18.2 Å². The fraction of sp³-hybridized carbons (Fsp3) is 0.389. The lowest BCUT2D eigenvalue weighted by molar-refractivity contribution is 0.102. The number of fused-ring (bicyclic) bond motifs is 1. The van der Waals surface area contributed by atoms with Crippen LogP contribution in [0.5, 0.6) is 0 Å². The van der Waals surface area contributed by atoms with Crippen molar-refractivity contribution >= 4 is 45.0 Å². The minimum atomic E-state index is 0.0912. The van der Waals surface area contributed by atoms with Gasteiger partial charge in [-0.1, -0.05) is 42.2 Å². The second kappa shape index (κ2) is 7.82. The minimum Gasteiger partial charge on any atom is -0.358 e. The number of Topliss-reactive ketones (excluding diaryl/α,β-unsaturated/α-hetero) is 1. The summed E-state index contributed by atoms with van der Waals surface area (Å²) in [6.45, 7) is 2.62. The molecule has 0 bridgehead atoms. The monoisotopic (exact) mass is 357 g/mol. The van der Waals surface area contributed by atoms with Crippen LogP contribution in [0.2, 0.25) is 0 Å².